The van der Waals surface area contributed by atoms with Gasteiger partial charge in [-0.25, -0.2) is 4.39 Å². The molecule has 5 heteroatoms. The number of ketones is 2. The van der Waals surface area contributed by atoms with E-state index in [-0.39, 0.29) is 17.2 Å². The van der Waals surface area contributed by atoms with Crippen LogP contribution in [0, 0.1) is 34.5 Å². The van der Waals surface area contributed by atoms with Gasteiger partial charge in [-0.15, -0.1) is 15.3 Å². The highest BCUT2D eigenvalue weighted by Gasteiger charge is 2.48. The Balaban J connectivity index is 0.00000385. The second kappa shape index (κ2) is 22.2. The fourth-order valence-corrected chi connectivity index (χ4v) is 8.70. The molecule has 0 aliphatic heterocycles. The summed E-state index contributed by atoms with van der Waals surface area (Å²) in [5, 5.41) is 0.868. The average Bonchev–Trinajstić information content (AvgIpc) is 3.23. The Bertz CT molecular complexity index is 1110. The zero-order chi connectivity index (χ0) is 37.4. The smallest absolute Gasteiger partial charge is 0.155 e. The lowest BCUT2D eigenvalue weighted by Gasteiger charge is -2.31. The molecule has 282 valence electrons. The standard InChI is InChI=1S/C41H71F2NO2.C3H4/c1-11-29(4)34(12-2)25-32(17-15-14-16-18-37(13-3)44(10)43)21-24-39(46)41(9)28-40(7,8)30(5)38(41)27-35(31(6)45)26-33-19-22-36(42)23-20-33;1-3-2/h27,29,32-34,36-37H,11-26,28H2,1-10H3;1-2H2/b35-27-;/t29-,32?,33?,34?,36?,37?,41?;/m1./s1. The maximum atomic E-state index is 14.4. The molecule has 0 saturated heterocycles. The molecular formula is C44H75F2NO2. The minimum atomic E-state index is -0.707. The van der Waals surface area contributed by atoms with E-state index in [1.54, 1.807) is 6.92 Å². The van der Waals surface area contributed by atoms with Crippen LogP contribution in [0.15, 0.2) is 41.7 Å². The fourth-order valence-electron chi connectivity index (χ4n) is 8.70. The minimum absolute atomic E-state index is 0.00754. The van der Waals surface area contributed by atoms with Crippen LogP contribution >= 0.6 is 0 Å². The van der Waals surface area contributed by atoms with Crippen LogP contribution in [-0.4, -0.2) is 35.9 Å². The monoisotopic (exact) mass is 688 g/mol. The highest BCUT2D eigenvalue weighted by molar-refractivity contribution is 5.95. The first-order chi connectivity index (χ1) is 23.0. The van der Waals surface area contributed by atoms with Gasteiger partial charge in [0.05, 0.1) is 5.41 Å². The lowest BCUT2D eigenvalue weighted by molar-refractivity contribution is -0.127. The van der Waals surface area contributed by atoms with Gasteiger partial charge in [0, 0.05) is 19.5 Å². The Morgan fingerprint density at radius 1 is 0.980 bits per heavy atom. The van der Waals surface area contributed by atoms with Gasteiger partial charge in [0.1, 0.15) is 12.0 Å². The van der Waals surface area contributed by atoms with Crippen molar-refractivity contribution in [2.75, 3.05) is 7.05 Å². The molecule has 0 N–H and O–H groups in total. The molecule has 0 spiro atoms. The third-order valence-electron chi connectivity index (χ3n) is 12.5. The zero-order valence-corrected chi connectivity index (χ0v) is 33.5. The summed E-state index contributed by atoms with van der Waals surface area (Å²) >= 11 is 0. The molecule has 0 aromatic heterocycles. The summed E-state index contributed by atoms with van der Waals surface area (Å²) < 4.78 is 27.5. The van der Waals surface area contributed by atoms with Crippen molar-refractivity contribution < 1.29 is 18.5 Å². The number of hydrogen-bond donors (Lipinski definition) is 0. The van der Waals surface area contributed by atoms with Crippen molar-refractivity contribution in [3.8, 4) is 0 Å². The number of allylic oxidation sites excluding steroid dienone is 4. The van der Waals surface area contributed by atoms with Crippen LogP contribution < -0.4 is 0 Å². The predicted octanol–water partition coefficient (Wildman–Crippen LogP) is 13.1. The number of halogens is 2. The molecule has 1 saturated carbocycles. The molecule has 3 nitrogen and oxygen atoms in total. The van der Waals surface area contributed by atoms with Crippen LogP contribution in [-0.2, 0) is 9.59 Å². The van der Waals surface area contributed by atoms with E-state index in [0.717, 1.165) is 80.5 Å². The van der Waals surface area contributed by atoms with Crippen molar-refractivity contribution in [1.82, 2.24) is 5.12 Å². The maximum Gasteiger partial charge on any atom is 0.155 e. The number of hydrogen-bond acceptors (Lipinski definition) is 3. The van der Waals surface area contributed by atoms with E-state index in [9.17, 15) is 18.5 Å². The molecule has 0 amide bonds. The van der Waals surface area contributed by atoms with Crippen LogP contribution in [0.3, 0.4) is 0 Å². The Kier molecular flexibility index (Phi) is 20.4. The van der Waals surface area contributed by atoms with E-state index in [4.69, 9.17) is 0 Å². The van der Waals surface area contributed by atoms with Crippen molar-refractivity contribution >= 4 is 11.6 Å². The van der Waals surface area contributed by atoms with Crippen molar-refractivity contribution in [2.45, 2.75) is 184 Å². The first-order valence-corrected chi connectivity index (χ1v) is 19.8. The minimum Gasteiger partial charge on any atom is -0.299 e. The van der Waals surface area contributed by atoms with E-state index in [1.165, 1.54) is 31.9 Å². The maximum absolute atomic E-state index is 14.4. The molecule has 0 radical (unpaired) electrons. The van der Waals surface area contributed by atoms with E-state index in [0.29, 0.717) is 55.1 Å². The second-order valence-electron chi connectivity index (χ2n) is 16.6. The molecule has 2 rings (SSSR count). The van der Waals surface area contributed by atoms with Crippen LogP contribution in [0.25, 0.3) is 0 Å². The van der Waals surface area contributed by atoms with Crippen LogP contribution in [0.5, 0.6) is 0 Å². The Hall–Kier alpha value is -1.84. The highest BCUT2D eigenvalue weighted by Crippen LogP contribution is 2.55. The molecule has 0 aromatic carbocycles. The second-order valence-corrected chi connectivity index (χ2v) is 16.6. The summed E-state index contributed by atoms with van der Waals surface area (Å²) in [6.07, 6.45) is 16.8. The predicted molar refractivity (Wildman–Crippen MR) is 206 cm³/mol. The molecule has 2 aliphatic carbocycles. The summed E-state index contributed by atoms with van der Waals surface area (Å²) in [7, 11) is 1.53. The first kappa shape index (κ1) is 45.2. The normalized spacial score (nSPS) is 24.9. The molecule has 0 bridgehead atoms. The third-order valence-corrected chi connectivity index (χ3v) is 12.5. The van der Waals surface area contributed by atoms with Crippen molar-refractivity contribution in [2.24, 2.45) is 34.5 Å². The third kappa shape index (κ3) is 14.4. The largest absolute Gasteiger partial charge is 0.299 e. The van der Waals surface area contributed by atoms with E-state index < -0.39 is 11.6 Å². The lowest BCUT2D eigenvalue weighted by atomic mass is 9.72. The van der Waals surface area contributed by atoms with Gasteiger partial charge in [-0.1, -0.05) is 105 Å². The fraction of sp³-hybridized carbons (Fsp3) is 0.795. The Morgan fingerprint density at radius 2 is 1.57 bits per heavy atom. The van der Waals surface area contributed by atoms with Gasteiger partial charge in [-0.2, -0.15) is 0 Å². The van der Waals surface area contributed by atoms with Gasteiger partial charge in [0.15, 0.2) is 5.78 Å². The van der Waals surface area contributed by atoms with Gasteiger partial charge < -0.3 is 0 Å². The number of Topliss-reactive ketones (excluding diaryl/α,β-unsaturated/α-hetero) is 2. The molecule has 4 unspecified atom stereocenters. The van der Waals surface area contributed by atoms with E-state index in [2.05, 4.69) is 80.4 Å². The van der Waals surface area contributed by atoms with Gasteiger partial charge in [0.25, 0.3) is 0 Å². The first-order valence-electron chi connectivity index (χ1n) is 19.8. The van der Waals surface area contributed by atoms with Gasteiger partial charge >= 0.3 is 0 Å². The lowest BCUT2D eigenvalue weighted by Crippen LogP contribution is -2.30. The molecule has 0 heterocycles. The van der Waals surface area contributed by atoms with Crippen LogP contribution in [0.4, 0.5) is 8.87 Å². The van der Waals surface area contributed by atoms with Crippen molar-refractivity contribution in [3.05, 3.63) is 41.7 Å². The number of carbonyl (C=O) groups excluding carboxylic acids is 2. The number of alkyl halides is 1. The number of nitrogens with zero attached hydrogens (tertiary/aromatic N) is 1. The molecule has 0 aromatic rings. The molecule has 5 atom stereocenters. The molecule has 2 aliphatic rings. The summed E-state index contributed by atoms with van der Waals surface area (Å²) in [6.45, 7) is 25.7. The summed E-state index contributed by atoms with van der Waals surface area (Å²) in [6, 6.07) is 0.00754. The number of unbranched alkanes of at least 4 members (excludes halogenated alkanes) is 2. The Labute approximate surface area is 301 Å². The highest BCUT2D eigenvalue weighted by atomic mass is 19.2. The van der Waals surface area contributed by atoms with Gasteiger partial charge in [-0.3, -0.25) is 9.59 Å². The molecule has 1 fully saturated rings. The topological polar surface area (TPSA) is 37.4 Å². The number of rotatable bonds is 21. The van der Waals surface area contributed by atoms with Crippen molar-refractivity contribution in [1.29, 1.82) is 0 Å². The quantitative estimate of drug-likeness (QED) is 0.0522. The summed E-state index contributed by atoms with van der Waals surface area (Å²) in [5.74, 6) is 2.57. The van der Waals surface area contributed by atoms with E-state index in [1.807, 2.05) is 0 Å². The van der Waals surface area contributed by atoms with Crippen LogP contribution in [0.2, 0.25) is 0 Å². The summed E-state index contributed by atoms with van der Waals surface area (Å²) in [5.41, 5.74) is 4.60. The van der Waals surface area contributed by atoms with Gasteiger partial charge in [-0.05, 0) is 125 Å². The molecule has 49 heavy (non-hydrogen) atoms. The zero-order valence-electron chi connectivity index (χ0n) is 33.5. The number of carbonyl (C=O) groups is 2. The SMILES string of the molecule is C=C=C.CCC(CC(CCCCCC(CC)N(C)F)CCC(=O)C1(C)CC(C)(C)C(C)=C1/C=C(/CC1CCC(F)CC1)C(C)=O)[C@H](C)CC. The van der Waals surface area contributed by atoms with Crippen molar-refractivity contribution in [3.63, 3.8) is 0 Å². The molecular weight excluding hydrogens is 612 g/mol. The van der Waals surface area contributed by atoms with Gasteiger partial charge in [0.2, 0.25) is 0 Å². The van der Waals surface area contributed by atoms with Crippen LogP contribution in [0.1, 0.15) is 171 Å². The Morgan fingerprint density at radius 3 is 2.08 bits per heavy atom. The average molecular weight is 688 g/mol. The van der Waals surface area contributed by atoms with E-state index >= 15 is 0 Å². The summed E-state index contributed by atoms with van der Waals surface area (Å²) in [4.78, 5) is 27.3.